The van der Waals surface area contributed by atoms with Gasteiger partial charge in [0.05, 0.1) is 11.5 Å². The molecule has 0 aliphatic carbocycles. The predicted octanol–water partition coefficient (Wildman–Crippen LogP) is 4.37. The average Bonchev–Trinajstić information content (AvgIpc) is 2.59. The Labute approximate surface area is 152 Å². The van der Waals surface area contributed by atoms with Crippen LogP contribution in [0.2, 0.25) is 5.02 Å². The van der Waals surface area contributed by atoms with Crippen molar-refractivity contribution < 1.29 is 0 Å². The van der Waals surface area contributed by atoms with Crippen molar-refractivity contribution in [3.05, 3.63) is 34.9 Å². The zero-order chi connectivity index (χ0) is 17.4. The quantitative estimate of drug-likeness (QED) is 0.759. The summed E-state index contributed by atoms with van der Waals surface area (Å²) in [5, 5.41) is 14.3. The number of benzene rings is 1. The maximum atomic E-state index is 10.1. The molecular formula is C20H30ClN3. The molecule has 1 N–H and O–H groups in total. The Hall–Kier alpha value is -1.08. The van der Waals surface area contributed by atoms with E-state index in [1.165, 1.54) is 19.3 Å². The van der Waals surface area contributed by atoms with Gasteiger partial charge in [0.15, 0.2) is 0 Å². The van der Waals surface area contributed by atoms with E-state index in [2.05, 4.69) is 30.1 Å². The van der Waals surface area contributed by atoms with Crippen LogP contribution in [0.3, 0.4) is 0 Å². The Morgan fingerprint density at radius 2 is 1.92 bits per heavy atom. The zero-order valence-electron chi connectivity index (χ0n) is 15.0. The van der Waals surface area contributed by atoms with Crippen LogP contribution in [0.15, 0.2) is 24.3 Å². The van der Waals surface area contributed by atoms with Crippen LogP contribution in [0, 0.1) is 11.3 Å². The number of halogens is 1. The second-order valence-electron chi connectivity index (χ2n) is 7.18. The lowest BCUT2D eigenvalue weighted by atomic mass is 9.75. The Bertz CT molecular complexity index is 546. The summed E-state index contributed by atoms with van der Waals surface area (Å²) in [7, 11) is 0. The maximum Gasteiger partial charge on any atom is 0.0860 e. The van der Waals surface area contributed by atoms with Gasteiger partial charge < -0.3 is 10.2 Å². The molecule has 1 heterocycles. The Morgan fingerprint density at radius 3 is 2.54 bits per heavy atom. The van der Waals surface area contributed by atoms with Crippen LogP contribution in [-0.4, -0.2) is 37.1 Å². The second kappa shape index (κ2) is 9.42. The lowest BCUT2D eigenvalue weighted by Gasteiger charge is -2.33. The van der Waals surface area contributed by atoms with Gasteiger partial charge in [0, 0.05) is 11.1 Å². The van der Waals surface area contributed by atoms with Crippen molar-refractivity contribution in [3.63, 3.8) is 0 Å². The number of likely N-dealkylation sites (tertiary alicyclic amines) is 1. The van der Waals surface area contributed by atoms with Gasteiger partial charge in [0.2, 0.25) is 0 Å². The molecule has 1 aliphatic heterocycles. The third-order valence-electron chi connectivity index (χ3n) is 5.01. The molecule has 1 aliphatic rings. The van der Waals surface area contributed by atoms with E-state index in [-0.39, 0.29) is 0 Å². The fraction of sp³-hybridized carbons (Fsp3) is 0.650. The van der Waals surface area contributed by atoms with Crippen molar-refractivity contribution in [2.45, 2.75) is 57.4 Å². The lowest BCUT2D eigenvalue weighted by molar-refractivity contribution is 0.210. The summed E-state index contributed by atoms with van der Waals surface area (Å²) in [5.74, 6) is 0. The average molecular weight is 348 g/mol. The van der Waals surface area contributed by atoms with Gasteiger partial charge >= 0.3 is 0 Å². The summed E-state index contributed by atoms with van der Waals surface area (Å²) >= 11 is 6.47. The van der Waals surface area contributed by atoms with E-state index in [4.69, 9.17) is 11.6 Å². The molecule has 1 atom stereocenters. The Balaban J connectivity index is 2.15. The fourth-order valence-electron chi connectivity index (χ4n) is 3.52. The molecule has 1 saturated heterocycles. The van der Waals surface area contributed by atoms with Crippen molar-refractivity contribution in [1.82, 2.24) is 10.2 Å². The smallest absolute Gasteiger partial charge is 0.0860 e. The van der Waals surface area contributed by atoms with Crippen LogP contribution in [0.4, 0.5) is 0 Å². The molecule has 4 heteroatoms. The molecule has 0 aromatic heterocycles. The minimum atomic E-state index is -0.516. The molecule has 3 nitrogen and oxygen atoms in total. The van der Waals surface area contributed by atoms with E-state index >= 15 is 0 Å². The number of rotatable bonds is 8. The number of nitrogens with zero attached hydrogens (tertiary/aromatic N) is 2. The van der Waals surface area contributed by atoms with E-state index in [9.17, 15) is 5.26 Å². The van der Waals surface area contributed by atoms with Gasteiger partial charge in [-0.25, -0.2) is 0 Å². The van der Waals surface area contributed by atoms with E-state index in [1.54, 1.807) is 0 Å². The number of hydrogen-bond donors (Lipinski definition) is 1. The number of nitriles is 1. The van der Waals surface area contributed by atoms with Crippen LogP contribution in [0.1, 0.15) is 51.5 Å². The summed E-state index contributed by atoms with van der Waals surface area (Å²) in [6.45, 7) is 8.40. The van der Waals surface area contributed by atoms with E-state index in [0.717, 1.165) is 44.6 Å². The summed E-state index contributed by atoms with van der Waals surface area (Å²) < 4.78 is 0. The van der Waals surface area contributed by atoms with Gasteiger partial charge in [-0.15, -0.1) is 0 Å². The predicted molar refractivity (Wildman–Crippen MR) is 101 cm³/mol. The van der Waals surface area contributed by atoms with E-state index < -0.39 is 5.41 Å². The van der Waals surface area contributed by atoms with Gasteiger partial charge in [-0.05, 0) is 63.5 Å². The van der Waals surface area contributed by atoms with Crippen molar-refractivity contribution in [1.29, 1.82) is 5.26 Å². The van der Waals surface area contributed by atoms with Crippen LogP contribution < -0.4 is 5.32 Å². The minimum absolute atomic E-state index is 0.426. The topological polar surface area (TPSA) is 39.1 Å². The molecule has 0 spiro atoms. The third-order valence-corrected chi connectivity index (χ3v) is 5.34. The lowest BCUT2D eigenvalue weighted by Crippen LogP contribution is -2.38. The van der Waals surface area contributed by atoms with Gasteiger partial charge in [-0.2, -0.15) is 5.26 Å². The highest BCUT2D eigenvalue weighted by molar-refractivity contribution is 6.31. The van der Waals surface area contributed by atoms with Crippen molar-refractivity contribution in [2.24, 2.45) is 0 Å². The van der Waals surface area contributed by atoms with Crippen LogP contribution in [0.25, 0.3) is 0 Å². The minimum Gasteiger partial charge on any atom is -0.314 e. The fourth-order valence-corrected chi connectivity index (χ4v) is 3.84. The third kappa shape index (κ3) is 5.21. The van der Waals surface area contributed by atoms with E-state index in [0.29, 0.717) is 11.1 Å². The molecular weight excluding hydrogens is 318 g/mol. The van der Waals surface area contributed by atoms with Crippen LogP contribution in [0.5, 0.6) is 0 Å². The Kier molecular flexibility index (Phi) is 7.55. The number of nitrogens with one attached hydrogen (secondary N) is 1. The first-order valence-corrected chi connectivity index (χ1v) is 9.57. The highest BCUT2D eigenvalue weighted by Gasteiger charge is 2.34. The first-order valence-electron chi connectivity index (χ1n) is 9.19. The monoisotopic (exact) mass is 347 g/mol. The molecule has 2 rings (SSSR count). The van der Waals surface area contributed by atoms with E-state index in [1.807, 2.05) is 24.3 Å². The molecule has 24 heavy (non-hydrogen) atoms. The largest absolute Gasteiger partial charge is 0.314 e. The summed E-state index contributed by atoms with van der Waals surface area (Å²) in [6.07, 6.45) is 5.52. The second-order valence-corrected chi connectivity index (χ2v) is 7.59. The Morgan fingerprint density at radius 1 is 1.21 bits per heavy atom. The van der Waals surface area contributed by atoms with Gasteiger partial charge in [-0.1, -0.05) is 50.1 Å². The SMILES string of the molecule is CC(C)NCCC(C#N)(CCN1CCCCC1)c1ccccc1Cl. The molecule has 1 fully saturated rings. The van der Waals surface area contributed by atoms with Gasteiger partial charge in [0.1, 0.15) is 0 Å². The van der Waals surface area contributed by atoms with Crippen molar-refractivity contribution >= 4 is 11.6 Å². The van der Waals surface area contributed by atoms with Crippen LogP contribution >= 0.6 is 11.6 Å². The first-order chi connectivity index (χ1) is 11.6. The summed E-state index contributed by atoms with van der Waals surface area (Å²) in [5.41, 5.74) is 0.467. The highest BCUT2D eigenvalue weighted by Crippen LogP contribution is 2.36. The van der Waals surface area contributed by atoms with Gasteiger partial charge in [-0.3, -0.25) is 0 Å². The molecule has 1 aromatic rings. The molecule has 1 unspecified atom stereocenters. The maximum absolute atomic E-state index is 10.1. The molecule has 132 valence electrons. The molecule has 0 radical (unpaired) electrons. The molecule has 1 aromatic carbocycles. The number of piperidine rings is 1. The van der Waals surface area contributed by atoms with Crippen molar-refractivity contribution in [3.8, 4) is 6.07 Å². The highest BCUT2D eigenvalue weighted by atomic mass is 35.5. The molecule has 0 amide bonds. The summed E-state index contributed by atoms with van der Waals surface area (Å²) in [4.78, 5) is 2.50. The van der Waals surface area contributed by atoms with Crippen molar-refractivity contribution in [2.75, 3.05) is 26.2 Å². The van der Waals surface area contributed by atoms with Crippen LogP contribution in [-0.2, 0) is 5.41 Å². The first kappa shape index (κ1) is 19.2. The zero-order valence-corrected chi connectivity index (χ0v) is 15.8. The normalized spacial score (nSPS) is 18.3. The molecule has 0 saturated carbocycles. The van der Waals surface area contributed by atoms with Gasteiger partial charge in [0.25, 0.3) is 0 Å². The summed E-state index contributed by atoms with van der Waals surface area (Å²) in [6, 6.07) is 10.9. The number of hydrogen-bond acceptors (Lipinski definition) is 3. The molecule has 0 bridgehead atoms. The standard InChI is InChI=1S/C20H30ClN3/c1-17(2)23-12-10-20(16-22,18-8-4-5-9-19(18)21)11-15-24-13-6-3-7-14-24/h4-5,8-9,17,23H,3,6-7,10-15H2,1-2H3.